The standard InChI is InChI=1S/C18H19ClFN.C18H20ClN.2C18H19F2N.2C18H20FN.C17H16ClF2N/c1-11-9-12(3-7-17(11)19)14-6-8-18(21-2)15-5-4-13(20)10-16(14)15;1-12-11-13(7-9-17(12)19)14-8-10-18(20-2)16-6-4-3-5-15(14)16;2*1-11-9-12(3-7-17(11)20)14-6-8-18(21-2)15-5-4-13(19)10-16(14)15;2*1-12-11-13(7-9-17(12)19)14-8-10-18(20-2)16-6-4-3-5-15(14)16;1-21-17-7-5-12(10-2-6-15(18)16(20)8-10)14-9-11(19)3-4-13(14)17/h3-5,7,9-10,14,18,21H,6,8H2,1-2H3;3-7,9,11,14,18,20H,8,10H2,1-2H3;2*3-5,7,9-10,14,18,21H,6,8H2,1-2H3;2*3-7,9,11,14,18,20H,8,10H2,1-2H3;2-4,6,8-9,12,17,21H,5,7H2,1H3/t6*14-,18-;12-,17-/m0000000/s1. The van der Waals surface area contributed by atoms with Gasteiger partial charge in [-0.1, -0.05) is 211 Å². The molecular formula is C125H133Cl3F9N7. The Morgan fingerprint density at radius 1 is 0.174 bits per heavy atom. The zero-order chi connectivity index (χ0) is 102. The molecule has 752 valence electrons. The summed E-state index contributed by atoms with van der Waals surface area (Å²) in [6.07, 6.45) is 14.5. The van der Waals surface area contributed by atoms with Gasteiger partial charge < -0.3 is 37.2 Å². The molecule has 0 fully saturated rings. The quantitative estimate of drug-likeness (QED) is 0.0547. The molecule has 7 N–H and O–H groups in total. The van der Waals surface area contributed by atoms with Crippen molar-refractivity contribution in [2.24, 2.45) is 0 Å². The summed E-state index contributed by atoms with van der Waals surface area (Å²) < 4.78 is 122. The number of benzene rings is 14. The summed E-state index contributed by atoms with van der Waals surface area (Å²) in [6.45, 7) is 11.3. The Bertz CT molecular complexity index is 6060. The van der Waals surface area contributed by atoms with E-state index in [1.54, 1.807) is 62.4 Å². The van der Waals surface area contributed by atoms with Gasteiger partial charge in [0.2, 0.25) is 0 Å². The van der Waals surface area contributed by atoms with Gasteiger partial charge in [-0.2, -0.15) is 0 Å². The van der Waals surface area contributed by atoms with Crippen molar-refractivity contribution in [2.75, 3.05) is 49.3 Å². The lowest BCUT2D eigenvalue weighted by atomic mass is 9.76. The van der Waals surface area contributed by atoms with E-state index in [1.807, 2.05) is 161 Å². The van der Waals surface area contributed by atoms with Crippen molar-refractivity contribution in [3.05, 3.63) is 491 Å². The molecule has 14 aromatic carbocycles. The first kappa shape index (κ1) is 107. The maximum absolute atomic E-state index is 13.7. The molecule has 0 bridgehead atoms. The first-order valence-electron chi connectivity index (χ1n) is 50.7. The largest absolute Gasteiger partial charge is 0.313 e. The monoisotopic (exact) mass is 2010 g/mol. The van der Waals surface area contributed by atoms with Crippen LogP contribution in [0.4, 0.5) is 39.5 Å². The zero-order valence-corrected chi connectivity index (χ0v) is 86.8. The zero-order valence-electron chi connectivity index (χ0n) is 84.5. The van der Waals surface area contributed by atoms with Gasteiger partial charge in [0.25, 0.3) is 0 Å². The van der Waals surface area contributed by atoms with Crippen molar-refractivity contribution in [3.8, 4) is 0 Å². The smallest absolute Gasteiger partial charge is 0.142 e. The summed E-state index contributed by atoms with van der Waals surface area (Å²) in [7, 11) is 13.8. The van der Waals surface area contributed by atoms with Crippen LogP contribution in [-0.2, 0) is 0 Å². The van der Waals surface area contributed by atoms with E-state index in [0.29, 0.717) is 53.0 Å². The van der Waals surface area contributed by atoms with Crippen LogP contribution in [0, 0.1) is 93.9 Å². The minimum Gasteiger partial charge on any atom is -0.313 e. The molecule has 0 heterocycles. The molecular weight excluding hydrogens is 1880 g/mol. The Balaban J connectivity index is 0.000000126. The fourth-order valence-corrected chi connectivity index (χ4v) is 23.5. The van der Waals surface area contributed by atoms with Crippen molar-refractivity contribution in [1.29, 1.82) is 0 Å². The number of fused-ring (bicyclic) bond motifs is 7. The number of hydrogen-bond donors (Lipinski definition) is 7. The SMILES string of the molecule is CN[C@H]1CC[C@@H](c2ccc(Cl)c(C)c2)c2cc(F)ccc21.CN[C@H]1CC[C@@H](c2ccc(Cl)c(C)c2)c2ccccc21.CN[C@H]1CC[C@@H](c2ccc(Cl)c(F)c2)c2cc(F)ccc21.CN[C@H]1CC[C@@H](c2ccc(F)c(C)c2)c2cc(F)ccc21.CN[C@H]1CC[C@@H](c2ccc(F)c(C)c2)c2cc(F)ccc21.CN[C@H]1CC[C@@H](c2ccc(F)c(C)c2)c2ccccc21.CN[C@H]1CC[C@@H](c2ccc(F)c(C)c2)c2ccccc21. The molecule has 0 unspecified atom stereocenters. The third-order valence-corrected chi connectivity index (χ3v) is 32.1. The van der Waals surface area contributed by atoms with E-state index in [0.717, 1.165) is 165 Å². The molecule has 144 heavy (non-hydrogen) atoms. The lowest BCUT2D eigenvalue weighted by Gasteiger charge is -2.32. The van der Waals surface area contributed by atoms with E-state index in [-0.39, 0.29) is 93.4 Å². The Labute approximate surface area is 860 Å². The predicted molar refractivity (Wildman–Crippen MR) is 573 cm³/mol. The molecule has 0 radical (unpaired) electrons. The second-order valence-corrected chi connectivity index (χ2v) is 40.7. The van der Waals surface area contributed by atoms with Crippen LogP contribution in [0.2, 0.25) is 15.1 Å². The van der Waals surface area contributed by atoms with Gasteiger partial charge in [0.05, 0.1) is 5.02 Å². The lowest BCUT2D eigenvalue weighted by molar-refractivity contribution is 0.466. The van der Waals surface area contributed by atoms with E-state index >= 15 is 0 Å². The fourth-order valence-electron chi connectivity index (χ4n) is 23.2. The van der Waals surface area contributed by atoms with Gasteiger partial charge >= 0.3 is 0 Å². The van der Waals surface area contributed by atoms with Crippen LogP contribution in [0.5, 0.6) is 0 Å². The normalized spacial score (nSPS) is 21.3. The number of aryl methyl sites for hydroxylation is 6. The highest BCUT2D eigenvalue weighted by Gasteiger charge is 2.36. The van der Waals surface area contributed by atoms with Crippen LogP contribution in [0.3, 0.4) is 0 Å². The summed E-state index contributed by atoms with van der Waals surface area (Å²) in [6, 6.07) is 87.4. The highest BCUT2D eigenvalue weighted by molar-refractivity contribution is 6.31. The summed E-state index contributed by atoms with van der Waals surface area (Å²) in [4.78, 5) is 0. The molecule has 0 aromatic heterocycles. The molecule has 0 saturated heterocycles. The topological polar surface area (TPSA) is 84.2 Å². The number of rotatable bonds is 14. The van der Waals surface area contributed by atoms with E-state index in [1.165, 1.54) is 110 Å². The van der Waals surface area contributed by atoms with Gasteiger partial charge in [-0.15, -0.1) is 0 Å². The third-order valence-electron chi connectivity index (χ3n) is 30.9. The molecule has 14 atom stereocenters. The Hall–Kier alpha value is -11.0. The van der Waals surface area contributed by atoms with Crippen LogP contribution in [0.1, 0.15) is 324 Å². The fraction of sp³-hybridized carbons (Fsp3) is 0.328. The summed E-state index contributed by atoms with van der Waals surface area (Å²) in [5.41, 5.74) is 30.1. The highest BCUT2D eigenvalue weighted by atomic mass is 35.5. The van der Waals surface area contributed by atoms with Crippen LogP contribution < -0.4 is 37.2 Å². The molecule has 7 aliphatic carbocycles. The Morgan fingerprint density at radius 3 is 0.556 bits per heavy atom. The Morgan fingerprint density at radius 2 is 0.354 bits per heavy atom. The first-order valence-corrected chi connectivity index (χ1v) is 51.8. The van der Waals surface area contributed by atoms with Crippen LogP contribution in [0.25, 0.3) is 0 Å². The van der Waals surface area contributed by atoms with Gasteiger partial charge in [-0.25, -0.2) is 39.5 Å². The molecule has 0 saturated carbocycles. The van der Waals surface area contributed by atoms with Crippen molar-refractivity contribution < 1.29 is 39.5 Å². The predicted octanol–water partition coefficient (Wildman–Crippen LogP) is 32.2. The first-order chi connectivity index (χ1) is 69.5. The molecule has 7 aliphatic rings. The average Bonchev–Trinajstić information content (AvgIpc) is 0.795. The maximum atomic E-state index is 13.7. The number of hydrogen-bond acceptors (Lipinski definition) is 7. The second-order valence-electron chi connectivity index (χ2n) is 39.5. The van der Waals surface area contributed by atoms with Crippen molar-refractivity contribution >= 4 is 34.8 Å². The third kappa shape index (κ3) is 24.9. The number of nitrogens with one attached hydrogen (secondary N) is 7. The van der Waals surface area contributed by atoms with E-state index in [9.17, 15) is 39.5 Å². The summed E-state index contributed by atoms with van der Waals surface area (Å²) in [5, 5.41) is 25.1. The molecule has 0 amide bonds. The van der Waals surface area contributed by atoms with Crippen molar-refractivity contribution in [3.63, 3.8) is 0 Å². The van der Waals surface area contributed by atoms with Gasteiger partial charge in [-0.05, 0) is 428 Å². The van der Waals surface area contributed by atoms with Gasteiger partial charge in [0.1, 0.15) is 52.4 Å². The van der Waals surface area contributed by atoms with Gasteiger partial charge in [0, 0.05) is 93.8 Å². The maximum Gasteiger partial charge on any atom is 0.142 e. The van der Waals surface area contributed by atoms with Gasteiger partial charge in [0.15, 0.2) is 0 Å². The lowest BCUT2D eigenvalue weighted by Crippen LogP contribution is -2.24. The van der Waals surface area contributed by atoms with Crippen LogP contribution in [-0.4, -0.2) is 49.3 Å². The molecule has 19 heteroatoms. The van der Waals surface area contributed by atoms with E-state index in [2.05, 4.69) is 141 Å². The highest BCUT2D eigenvalue weighted by Crippen LogP contribution is 2.50. The minimum absolute atomic E-state index is 0.00654. The number of halogens is 12. The summed E-state index contributed by atoms with van der Waals surface area (Å²) in [5.74, 6) is -0.113. The van der Waals surface area contributed by atoms with E-state index < -0.39 is 5.82 Å². The molecule has 0 spiro atoms. The molecule has 14 aromatic rings. The van der Waals surface area contributed by atoms with Crippen LogP contribution >= 0.6 is 34.8 Å². The Kier molecular flexibility index (Phi) is 36.9. The molecule has 7 nitrogen and oxygen atoms in total. The average molecular weight is 2010 g/mol. The van der Waals surface area contributed by atoms with Crippen LogP contribution in [0.15, 0.2) is 273 Å². The molecule has 21 rings (SSSR count). The van der Waals surface area contributed by atoms with E-state index in [4.69, 9.17) is 34.8 Å². The molecule has 0 aliphatic heterocycles. The summed E-state index contributed by atoms with van der Waals surface area (Å²) >= 11 is 18.0. The van der Waals surface area contributed by atoms with Gasteiger partial charge in [-0.3, -0.25) is 0 Å². The second kappa shape index (κ2) is 49.5. The van der Waals surface area contributed by atoms with Crippen molar-refractivity contribution in [2.45, 2.75) is 215 Å². The minimum atomic E-state index is -0.428. The van der Waals surface area contributed by atoms with Crippen molar-refractivity contribution in [1.82, 2.24) is 37.2 Å².